The van der Waals surface area contributed by atoms with Crippen LogP contribution in [0.15, 0.2) is 18.2 Å². The molecule has 0 spiro atoms. The second kappa shape index (κ2) is 6.23. The van der Waals surface area contributed by atoms with E-state index in [-0.39, 0.29) is 18.1 Å². The molecule has 1 aromatic rings. The number of rotatable bonds is 5. The first-order valence-electron chi connectivity index (χ1n) is 7.95. The highest BCUT2D eigenvalue weighted by Crippen LogP contribution is 2.34. The maximum absolute atomic E-state index is 12.3. The average Bonchev–Trinajstić information content (AvgIpc) is 2.93. The third kappa shape index (κ3) is 2.94. The number of carbonyl (C=O) groups excluding carboxylic acids is 1. The summed E-state index contributed by atoms with van der Waals surface area (Å²) in [6.07, 6.45) is -0.225. The molecule has 2 aliphatic heterocycles. The van der Waals surface area contributed by atoms with Gasteiger partial charge in [0.25, 0.3) is 0 Å². The fraction of sp³-hybridized carbons (Fsp3) is 0.588. The van der Waals surface area contributed by atoms with Gasteiger partial charge in [-0.05, 0) is 26.0 Å². The van der Waals surface area contributed by atoms with Crippen molar-refractivity contribution in [1.29, 1.82) is 0 Å². The summed E-state index contributed by atoms with van der Waals surface area (Å²) in [7, 11) is 3.19. The number of amides is 1. The quantitative estimate of drug-likeness (QED) is 0.804. The highest BCUT2D eigenvalue weighted by atomic mass is 16.7. The molecule has 2 fully saturated rings. The predicted molar refractivity (Wildman–Crippen MR) is 86.8 cm³/mol. The van der Waals surface area contributed by atoms with Crippen LogP contribution < -0.4 is 15.2 Å². The molecule has 2 N–H and O–H groups in total. The third-order valence-corrected chi connectivity index (χ3v) is 4.54. The van der Waals surface area contributed by atoms with Crippen molar-refractivity contribution in [3.63, 3.8) is 0 Å². The summed E-state index contributed by atoms with van der Waals surface area (Å²) < 4.78 is 22.1. The summed E-state index contributed by atoms with van der Waals surface area (Å²) in [4.78, 5) is 14.0. The van der Waals surface area contributed by atoms with Gasteiger partial charge in [0.15, 0.2) is 5.79 Å². The molecule has 3 rings (SSSR count). The van der Waals surface area contributed by atoms with E-state index in [1.165, 1.54) is 0 Å². The van der Waals surface area contributed by atoms with Crippen LogP contribution >= 0.6 is 0 Å². The SMILES string of the molecule is COc1ccc(CN2C(=O)[C@@H](N)[C@H]2[C@@H]2COC(C)(C)O2)c(OC)c1. The Balaban J connectivity index is 1.77. The maximum Gasteiger partial charge on any atom is 0.242 e. The third-order valence-electron chi connectivity index (χ3n) is 4.54. The topological polar surface area (TPSA) is 83.3 Å². The fourth-order valence-corrected chi connectivity index (χ4v) is 3.26. The molecule has 24 heavy (non-hydrogen) atoms. The molecule has 1 aromatic carbocycles. The number of β-lactam (4-membered cyclic amide) rings is 1. The van der Waals surface area contributed by atoms with Gasteiger partial charge in [-0.3, -0.25) is 4.79 Å². The Bertz CT molecular complexity index is 633. The summed E-state index contributed by atoms with van der Waals surface area (Å²) in [6, 6.07) is 4.77. The number of carbonyl (C=O) groups is 1. The van der Waals surface area contributed by atoms with Gasteiger partial charge in [0.1, 0.15) is 23.6 Å². The van der Waals surface area contributed by atoms with Crippen LogP contribution in [0.5, 0.6) is 11.5 Å². The lowest BCUT2D eigenvalue weighted by molar-refractivity contribution is -0.172. The number of hydrogen-bond donors (Lipinski definition) is 1. The maximum atomic E-state index is 12.3. The Morgan fingerprint density at radius 1 is 1.33 bits per heavy atom. The summed E-state index contributed by atoms with van der Waals surface area (Å²) in [5.41, 5.74) is 6.91. The minimum absolute atomic E-state index is 0.0915. The van der Waals surface area contributed by atoms with Crippen LogP contribution in [0.1, 0.15) is 19.4 Å². The van der Waals surface area contributed by atoms with Crippen molar-refractivity contribution in [3.05, 3.63) is 23.8 Å². The average molecular weight is 336 g/mol. The number of likely N-dealkylation sites (tertiary alicyclic amines) is 1. The van der Waals surface area contributed by atoms with E-state index >= 15 is 0 Å². The van der Waals surface area contributed by atoms with Gasteiger partial charge in [-0.2, -0.15) is 0 Å². The molecular weight excluding hydrogens is 312 g/mol. The Labute approximate surface area is 141 Å². The van der Waals surface area contributed by atoms with Gasteiger partial charge >= 0.3 is 0 Å². The molecule has 0 bridgehead atoms. The largest absolute Gasteiger partial charge is 0.497 e. The van der Waals surface area contributed by atoms with Crippen molar-refractivity contribution in [1.82, 2.24) is 4.90 Å². The van der Waals surface area contributed by atoms with Crippen LogP contribution in [0, 0.1) is 0 Å². The zero-order valence-corrected chi connectivity index (χ0v) is 14.4. The molecule has 0 aliphatic carbocycles. The highest BCUT2D eigenvalue weighted by molar-refractivity contribution is 5.89. The molecular formula is C17H24N2O5. The molecule has 2 aliphatic rings. The second-order valence-electron chi connectivity index (χ2n) is 6.53. The van der Waals surface area contributed by atoms with Crippen LogP contribution in [-0.4, -0.2) is 55.6 Å². The van der Waals surface area contributed by atoms with Gasteiger partial charge in [-0.25, -0.2) is 0 Å². The van der Waals surface area contributed by atoms with Crippen molar-refractivity contribution < 1.29 is 23.7 Å². The Morgan fingerprint density at radius 3 is 2.67 bits per heavy atom. The van der Waals surface area contributed by atoms with E-state index in [2.05, 4.69) is 0 Å². The molecule has 0 unspecified atom stereocenters. The van der Waals surface area contributed by atoms with E-state index in [4.69, 9.17) is 24.7 Å². The number of benzene rings is 1. The molecule has 0 aromatic heterocycles. The van der Waals surface area contributed by atoms with Gasteiger partial charge < -0.3 is 29.6 Å². The van der Waals surface area contributed by atoms with E-state index in [9.17, 15) is 4.79 Å². The number of nitrogens with zero attached hydrogens (tertiary/aromatic N) is 1. The van der Waals surface area contributed by atoms with Crippen molar-refractivity contribution in [2.24, 2.45) is 5.73 Å². The lowest BCUT2D eigenvalue weighted by Crippen LogP contribution is -2.72. The second-order valence-corrected chi connectivity index (χ2v) is 6.53. The van der Waals surface area contributed by atoms with Crippen LogP contribution in [0.4, 0.5) is 0 Å². The summed E-state index contributed by atoms with van der Waals surface area (Å²) in [5.74, 6) is 0.636. The number of hydrogen-bond acceptors (Lipinski definition) is 6. The first kappa shape index (κ1) is 17.0. The van der Waals surface area contributed by atoms with E-state index < -0.39 is 11.8 Å². The zero-order valence-electron chi connectivity index (χ0n) is 14.4. The molecule has 0 radical (unpaired) electrons. The van der Waals surface area contributed by atoms with Crippen LogP contribution in [0.3, 0.4) is 0 Å². The normalized spacial score (nSPS) is 28.6. The molecule has 3 atom stereocenters. The van der Waals surface area contributed by atoms with Crippen molar-refractivity contribution >= 4 is 5.91 Å². The lowest BCUT2D eigenvalue weighted by Gasteiger charge is -2.47. The summed E-state index contributed by atoms with van der Waals surface area (Å²) in [5, 5.41) is 0. The fourth-order valence-electron chi connectivity index (χ4n) is 3.26. The zero-order chi connectivity index (χ0) is 17.5. The molecule has 2 heterocycles. The summed E-state index contributed by atoms with van der Waals surface area (Å²) in [6.45, 7) is 4.55. The highest BCUT2D eigenvalue weighted by Gasteiger charge is 2.53. The number of ether oxygens (including phenoxy) is 4. The molecule has 2 saturated heterocycles. The molecule has 0 saturated carbocycles. The van der Waals surface area contributed by atoms with Crippen molar-refractivity contribution in [2.75, 3.05) is 20.8 Å². The van der Waals surface area contributed by atoms with E-state index in [0.29, 0.717) is 24.7 Å². The van der Waals surface area contributed by atoms with Crippen LogP contribution in [-0.2, 0) is 20.8 Å². The Morgan fingerprint density at radius 2 is 2.08 bits per heavy atom. The predicted octanol–water partition coefficient (Wildman–Crippen LogP) is 0.893. The van der Waals surface area contributed by atoms with Gasteiger partial charge in [0.2, 0.25) is 5.91 Å². The number of nitrogens with two attached hydrogens (primary N) is 1. The van der Waals surface area contributed by atoms with Gasteiger partial charge in [-0.15, -0.1) is 0 Å². The Kier molecular flexibility index (Phi) is 4.42. The molecule has 7 heteroatoms. The van der Waals surface area contributed by atoms with Gasteiger partial charge in [0.05, 0.1) is 26.9 Å². The monoisotopic (exact) mass is 336 g/mol. The summed E-state index contributed by atoms with van der Waals surface area (Å²) >= 11 is 0. The van der Waals surface area contributed by atoms with Crippen molar-refractivity contribution in [2.45, 2.75) is 44.4 Å². The van der Waals surface area contributed by atoms with Crippen molar-refractivity contribution in [3.8, 4) is 11.5 Å². The van der Waals surface area contributed by atoms with Crippen LogP contribution in [0.25, 0.3) is 0 Å². The Hall–Kier alpha value is -1.83. The molecule has 132 valence electrons. The first-order valence-corrected chi connectivity index (χ1v) is 7.95. The van der Waals surface area contributed by atoms with Crippen LogP contribution in [0.2, 0.25) is 0 Å². The molecule has 1 amide bonds. The standard InChI is InChI=1S/C17H24N2O5/c1-17(2)23-9-13(24-17)15-14(18)16(20)19(15)8-10-5-6-11(21-3)7-12(10)22-4/h5-7,13-15H,8-9,18H2,1-4H3/t13-,14-,15+/m0/s1. The minimum atomic E-state index is -0.646. The van der Waals surface area contributed by atoms with E-state index in [0.717, 1.165) is 5.56 Å². The van der Waals surface area contributed by atoms with Gasteiger partial charge in [-0.1, -0.05) is 0 Å². The van der Waals surface area contributed by atoms with Gasteiger partial charge in [0, 0.05) is 18.2 Å². The first-order chi connectivity index (χ1) is 11.4. The smallest absolute Gasteiger partial charge is 0.242 e. The molecule has 7 nitrogen and oxygen atoms in total. The van der Waals surface area contributed by atoms with E-state index in [1.807, 2.05) is 26.0 Å². The van der Waals surface area contributed by atoms with E-state index in [1.54, 1.807) is 25.2 Å². The number of methoxy groups -OCH3 is 2. The lowest BCUT2D eigenvalue weighted by atomic mass is 9.90. The minimum Gasteiger partial charge on any atom is -0.497 e.